The Morgan fingerprint density at radius 3 is 1.82 bits per heavy atom. The van der Waals surface area contributed by atoms with E-state index in [0.717, 1.165) is 0 Å². The second-order valence-electron chi connectivity index (χ2n) is 2.80. The fourth-order valence-electron chi connectivity index (χ4n) is 1.24. The molecular formula is C9H18OSi. The van der Waals surface area contributed by atoms with Crippen LogP contribution in [0.3, 0.4) is 0 Å². The van der Waals surface area contributed by atoms with E-state index in [9.17, 15) is 0 Å². The highest BCUT2D eigenvalue weighted by atomic mass is 28.3. The van der Waals surface area contributed by atoms with Gasteiger partial charge in [0.2, 0.25) is 0 Å². The first kappa shape index (κ1) is 10.7. The molecule has 1 N–H and O–H groups in total. The molecule has 2 heteroatoms. The highest BCUT2D eigenvalue weighted by molar-refractivity contribution is 6.87. The van der Waals surface area contributed by atoms with Crippen LogP contribution in [0.25, 0.3) is 0 Å². The number of rotatable bonds is 3. The molecule has 0 aliphatic carbocycles. The third-order valence-corrected chi connectivity index (χ3v) is 7.23. The second-order valence-corrected chi connectivity index (χ2v) is 7.73. The molecule has 0 saturated carbocycles. The van der Waals surface area contributed by atoms with Gasteiger partial charge in [0.25, 0.3) is 0 Å². The average molecular weight is 170 g/mol. The van der Waals surface area contributed by atoms with Crippen LogP contribution in [-0.2, 0) is 0 Å². The topological polar surface area (TPSA) is 20.2 Å². The Morgan fingerprint density at radius 1 is 1.09 bits per heavy atom. The Hall–Kier alpha value is -0.263. The maximum Gasteiger partial charge on any atom is 0.137 e. The maximum atomic E-state index is 8.56. The SMILES string of the molecule is CC[Si](C#CCO)(CC)CC. The fourth-order valence-corrected chi connectivity index (χ4v) is 3.73. The minimum Gasteiger partial charge on any atom is -0.384 e. The first-order valence-electron chi connectivity index (χ1n) is 4.35. The predicted molar refractivity (Wildman–Crippen MR) is 52.1 cm³/mol. The van der Waals surface area contributed by atoms with Crippen LogP contribution in [0.5, 0.6) is 0 Å². The summed E-state index contributed by atoms with van der Waals surface area (Å²) in [6.45, 7) is 6.66. The highest BCUT2D eigenvalue weighted by Gasteiger charge is 2.23. The van der Waals surface area contributed by atoms with Crippen LogP contribution in [-0.4, -0.2) is 19.8 Å². The molecule has 0 atom stereocenters. The van der Waals surface area contributed by atoms with E-state index in [1.165, 1.54) is 18.1 Å². The summed E-state index contributed by atoms with van der Waals surface area (Å²) in [6, 6.07) is 3.65. The average Bonchev–Trinajstić information content (AvgIpc) is 2.08. The maximum absolute atomic E-state index is 8.56. The van der Waals surface area contributed by atoms with Crippen molar-refractivity contribution in [1.29, 1.82) is 0 Å². The molecule has 0 bridgehead atoms. The van der Waals surface area contributed by atoms with Crippen molar-refractivity contribution in [3.8, 4) is 11.5 Å². The van der Waals surface area contributed by atoms with Crippen LogP contribution in [0.4, 0.5) is 0 Å². The Labute approximate surface area is 70.8 Å². The van der Waals surface area contributed by atoms with E-state index in [1.807, 2.05) is 0 Å². The minimum atomic E-state index is -1.26. The van der Waals surface area contributed by atoms with Crippen molar-refractivity contribution in [2.45, 2.75) is 38.9 Å². The van der Waals surface area contributed by atoms with E-state index in [4.69, 9.17) is 5.11 Å². The van der Waals surface area contributed by atoms with E-state index in [2.05, 4.69) is 32.2 Å². The van der Waals surface area contributed by atoms with Gasteiger partial charge >= 0.3 is 0 Å². The van der Waals surface area contributed by atoms with E-state index < -0.39 is 8.07 Å². The van der Waals surface area contributed by atoms with E-state index in [1.54, 1.807) is 0 Å². The molecule has 0 rings (SSSR count). The Kier molecular flexibility index (Phi) is 5.27. The van der Waals surface area contributed by atoms with Crippen LogP contribution in [0.2, 0.25) is 18.1 Å². The first-order chi connectivity index (χ1) is 5.24. The lowest BCUT2D eigenvalue weighted by atomic mass is 10.8. The number of aliphatic hydroxyl groups excluding tert-OH is 1. The zero-order chi connectivity index (χ0) is 8.74. The van der Waals surface area contributed by atoms with Crippen molar-refractivity contribution in [2.75, 3.05) is 6.61 Å². The largest absolute Gasteiger partial charge is 0.384 e. The predicted octanol–water partition coefficient (Wildman–Crippen LogP) is 2.03. The van der Waals surface area contributed by atoms with Gasteiger partial charge in [0.05, 0.1) is 0 Å². The van der Waals surface area contributed by atoms with Crippen molar-refractivity contribution < 1.29 is 5.11 Å². The summed E-state index contributed by atoms with van der Waals surface area (Å²) < 4.78 is 0. The van der Waals surface area contributed by atoms with E-state index in [-0.39, 0.29) is 6.61 Å². The van der Waals surface area contributed by atoms with Gasteiger partial charge in [0.15, 0.2) is 0 Å². The molecule has 0 aliphatic heterocycles. The molecule has 0 aromatic heterocycles. The van der Waals surface area contributed by atoms with Crippen LogP contribution in [0.15, 0.2) is 0 Å². The Balaban J connectivity index is 4.28. The van der Waals surface area contributed by atoms with Crippen molar-refractivity contribution >= 4 is 8.07 Å². The van der Waals surface area contributed by atoms with Gasteiger partial charge in [-0.05, 0) is 18.1 Å². The molecule has 0 aliphatic rings. The van der Waals surface area contributed by atoms with Crippen molar-refractivity contribution in [2.24, 2.45) is 0 Å². The number of hydrogen-bond acceptors (Lipinski definition) is 1. The molecule has 1 nitrogen and oxygen atoms in total. The smallest absolute Gasteiger partial charge is 0.137 e. The molecule has 0 heterocycles. The van der Waals surface area contributed by atoms with Gasteiger partial charge < -0.3 is 5.11 Å². The van der Waals surface area contributed by atoms with Gasteiger partial charge in [0.1, 0.15) is 14.7 Å². The zero-order valence-electron chi connectivity index (χ0n) is 7.78. The molecular weight excluding hydrogens is 152 g/mol. The van der Waals surface area contributed by atoms with Crippen LogP contribution < -0.4 is 0 Å². The van der Waals surface area contributed by atoms with E-state index >= 15 is 0 Å². The lowest BCUT2D eigenvalue weighted by Gasteiger charge is -2.19. The molecule has 0 aromatic carbocycles. The molecule has 0 amide bonds. The van der Waals surface area contributed by atoms with Gasteiger partial charge in [-0.1, -0.05) is 26.7 Å². The van der Waals surface area contributed by atoms with E-state index in [0.29, 0.717) is 0 Å². The standard InChI is InChI=1S/C9H18OSi/c1-4-11(5-2,6-3)9-7-8-10/h10H,4-6,8H2,1-3H3. The van der Waals surface area contributed by atoms with Crippen LogP contribution in [0, 0.1) is 11.5 Å². The summed E-state index contributed by atoms with van der Waals surface area (Å²) in [5, 5.41) is 8.56. The lowest BCUT2D eigenvalue weighted by Crippen LogP contribution is -2.29. The fraction of sp³-hybridized carbons (Fsp3) is 0.778. The molecule has 0 spiro atoms. The second kappa shape index (κ2) is 5.40. The molecule has 0 unspecified atom stereocenters. The Bertz CT molecular complexity index is 142. The summed E-state index contributed by atoms with van der Waals surface area (Å²) in [4.78, 5) is 0. The molecule has 0 saturated heterocycles. The van der Waals surface area contributed by atoms with Crippen molar-refractivity contribution in [3.05, 3.63) is 0 Å². The quantitative estimate of drug-likeness (QED) is 0.507. The molecule has 64 valence electrons. The lowest BCUT2D eigenvalue weighted by molar-refractivity contribution is 0.350. The van der Waals surface area contributed by atoms with Gasteiger partial charge in [-0.3, -0.25) is 0 Å². The summed E-state index contributed by atoms with van der Waals surface area (Å²) in [5.41, 5.74) is 3.27. The van der Waals surface area contributed by atoms with Gasteiger partial charge in [-0.2, -0.15) is 0 Å². The minimum absolute atomic E-state index is 0.0226. The summed E-state index contributed by atoms with van der Waals surface area (Å²) >= 11 is 0. The normalized spacial score (nSPS) is 10.5. The van der Waals surface area contributed by atoms with Crippen LogP contribution >= 0.6 is 0 Å². The molecule has 11 heavy (non-hydrogen) atoms. The van der Waals surface area contributed by atoms with Gasteiger partial charge in [-0.25, -0.2) is 0 Å². The zero-order valence-corrected chi connectivity index (χ0v) is 8.78. The third kappa shape index (κ3) is 3.09. The third-order valence-electron chi connectivity index (χ3n) is 2.46. The van der Waals surface area contributed by atoms with Gasteiger partial charge in [-0.15, -0.1) is 5.54 Å². The number of aliphatic hydroxyl groups is 1. The highest BCUT2D eigenvalue weighted by Crippen LogP contribution is 2.18. The Morgan fingerprint density at radius 2 is 1.55 bits per heavy atom. The van der Waals surface area contributed by atoms with Crippen LogP contribution in [0.1, 0.15) is 20.8 Å². The first-order valence-corrected chi connectivity index (χ1v) is 6.97. The van der Waals surface area contributed by atoms with Gasteiger partial charge in [0, 0.05) is 0 Å². The number of hydrogen-bond donors (Lipinski definition) is 1. The molecule has 0 radical (unpaired) electrons. The van der Waals surface area contributed by atoms with Crippen molar-refractivity contribution in [3.63, 3.8) is 0 Å². The molecule has 0 aromatic rings. The van der Waals surface area contributed by atoms with Crippen molar-refractivity contribution in [1.82, 2.24) is 0 Å². The molecule has 0 fully saturated rings. The summed E-state index contributed by atoms with van der Waals surface area (Å²) in [6.07, 6.45) is 0. The summed E-state index contributed by atoms with van der Waals surface area (Å²) in [5.74, 6) is 2.81. The summed E-state index contributed by atoms with van der Waals surface area (Å²) in [7, 11) is -1.26. The monoisotopic (exact) mass is 170 g/mol.